The summed E-state index contributed by atoms with van der Waals surface area (Å²) in [7, 11) is 3.79. The van der Waals surface area contributed by atoms with Crippen LogP contribution in [0.5, 0.6) is 0 Å². The normalized spacial score (nSPS) is 17.9. The van der Waals surface area contributed by atoms with E-state index >= 15 is 0 Å². The van der Waals surface area contributed by atoms with Gasteiger partial charge in [0.05, 0.1) is 0 Å². The molecule has 1 aliphatic heterocycles. The molecule has 1 N–H and O–H groups in total. The summed E-state index contributed by atoms with van der Waals surface area (Å²) in [6, 6.07) is 6.62. The van der Waals surface area contributed by atoms with Crippen LogP contribution in [0.15, 0.2) is 24.3 Å². The van der Waals surface area contributed by atoms with E-state index < -0.39 is 12.0 Å². The van der Waals surface area contributed by atoms with Gasteiger partial charge in [-0.3, -0.25) is 4.79 Å². The quantitative estimate of drug-likeness (QED) is 0.896. The summed E-state index contributed by atoms with van der Waals surface area (Å²) < 4.78 is 0. The third kappa shape index (κ3) is 2.99. The molecule has 1 heterocycles. The first-order valence-electron chi connectivity index (χ1n) is 6.75. The second-order valence-electron chi connectivity index (χ2n) is 5.33. The molecular weight excluding hydrogens is 256 g/mol. The smallest absolute Gasteiger partial charge is 0.331 e. The summed E-state index contributed by atoms with van der Waals surface area (Å²) >= 11 is 0. The fourth-order valence-electron chi connectivity index (χ4n) is 2.56. The minimum atomic E-state index is -0.963. The Morgan fingerprint density at radius 2 is 2.05 bits per heavy atom. The molecule has 0 saturated carbocycles. The highest BCUT2D eigenvalue weighted by Gasteiger charge is 2.35. The number of carbonyl (C=O) groups is 2. The van der Waals surface area contributed by atoms with Crippen molar-refractivity contribution in [2.75, 3.05) is 27.2 Å². The molecule has 108 valence electrons. The van der Waals surface area contributed by atoms with E-state index in [4.69, 9.17) is 0 Å². The molecule has 1 aromatic rings. The van der Waals surface area contributed by atoms with Crippen LogP contribution in [-0.2, 0) is 16.0 Å². The van der Waals surface area contributed by atoms with Crippen molar-refractivity contribution in [2.45, 2.75) is 18.9 Å². The van der Waals surface area contributed by atoms with Crippen LogP contribution in [0.3, 0.4) is 0 Å². The Hall–Kier alpha value is -1.88. The minimum Gasteiger partial charge on any atom is -0.479 e. The molecule has 0 bridgehead atoms. The molecule has 1 amide bonds. The van der Waals surface area contributed by atoms with E-state index in [0.29, 0.717) is 25.9 Å². The van der Waals surface area contributed by atoms with Gasteiger partial charge >= 0.3 is 5.97 Å². The van der Waals surface area contributed by atoms with Crippen molar-refractivity contribution >= 4 is 11.9 Å². The number of nitrogens with zero attached hydrogens (tertiary/aromatic N) is 2. The van der Waals surface area contributed by atoms with Gasteiger partial charge in [-0.15, -0.1) is 0 Å². The van der Waals surface area contributed by atoms with E-state index in [1.54, 1.807) is 6.07 Å². The number of carboxylic acid groups (broad SMARTS) is 1. The summed E-state index contributed by atoms with van der Waals surface area (Å²) in [6.07, 6.45) is 1.06. The molecule has 0 radical (unpaired) electrons. The fourth-order valence-corrected chi connectivity index (χ4v) is 2.56. The highest BCUT2D eigenvalue weighted by atomic mass is 16.4. The number of hydrogen-bond donors (Lipinski definition) is 1. The van der Waals surface area contributed by atoms with Crippen LogP contribution in [0.4, 0.5) is 0 Å². The highest BCUT2D eigenvalue weighted by molar-refractivity contribution is 5.85. The van der Waals surface area contributed by atoms with Gasteiger partial charge in [-0.2, -0.15) is 0 Å². The average molecular weight is 276 g/mol. The first-order chi connectivity index (χ1) is 9.50. The molecule has 2 rings (SSSR count). The molecule has 0 aromatic heterocycles. The second-order valence-corrected chi connectivity index (χ2v) is 5.33. The largest absolute Gasteiger partial charge is 0.479 e. The summed E-state index contributed by atoms with van der Waals surface area (Å²) in [6.45, 7) is 1.10. The fraction of sp³-hybridized carbons (Fsp3) is 0.467. The molecule has 5 heteroatoms. The van der Waals surface area contributed by atoms with E-state index in [0.717, 1.165) is 11.1 Å². The van der Waals surface area contributed by atoms with Gasteiger partial charge in [0.2, 0.25) is 5.91 Å². The molecule has 0 aliphatic carbocycles. The predicted octanol–water partition coefficient (Wildman–Crippen LogP) is 1.15. The van der Waals surface area contributed by atoms with Gasteiger partial charge in [0.15, 0.2) is 6.04 Å². The number of benzene rings is 1. The van der Waals surface area contributed by atoms with Crippen LogP contribution in [0.2, 0.25) is 0 Å². The molecule has 1 unspecified atom stereocenters. The monoisotopic (exact) mass is 276 g/mol. The minimum absolute atomic E-state index is 0.0967. The predicted molar refractivity (Wildman–Crippen MR) is 75.4 cm³/mol. The van der Waals surface area contributed by atoms with Crippen LogP contribution in [-0.4, -0.2) is 54.0 Å². The SMILES string of the molecule is CN(C)CCC(=O)N1CCc2ccccc2C1C(=O)O. The molecule has 5 nitrogen and oxygen atoms in total. The van der Waals surface area contributed by atoms with Crippen molar-refractivity contribution in [1.29, 1.82) is 0 Å². The maximum atomic E-state index is 12.3. The van der Waals surface area contributed by atoms with E-state index in [-0.39, 0.29) is 5.91 Å². The average Bonchev–Trinajstić information content (AvgIpc) is 2.43. The lowest BCUT2D eigenvalue weighted by Gasteiger charge is -2.35. The molecule has 0 saturated heterocycles. The third-order valence-corrected chi connectivity index (χ3v) is 3.61. The van der Waals surface area contributed by atoms with Crippen LogP contribution < -0.4 is 0 Å². The maximum absolute atomic E-state index is 12.3. The van der Waals surface area contributed by atoms with Gasteiger partial charge in [0.1, 0.15) is 0 Å². The zero-order chi connectivity index (χ0) is 14.7. The maximum Gasteiger partial charge on any atom is 0.331 e. The Kier molecular flexibility index (Phi) is 4.39. The Morgan fingerprint density at radius 3 is 2.70 bits per heavy atom. The zero-order valence-electron chi connectivity index (χ0n) is 11.9. The lowest BCUT2D eigenvalue weighted by Crippen LogP contribution is -2.44. The number of carbonyl (C=O) groups excluding carboxylic acids is 1. The Labute approximate surface area is 118 Å². The van der Waals surface area contributed by atoms with Gasteiger partial charge in [-0.25, -0.2) is 4.79 Å². The van der Waals surface area contributed by atoms with Crippen molar-refractivity contribution < 1.29 is 14.7 Å². The summed E-state index contributed by atoms with van der Waals surface area (Å²) in [5.41, 5.74) is 1.76. The number of amides is 1. The van der Waals surface area contributed by atoms with Gasteiger partial charge in [0.25, 0.3) is 0 Å². The molecule has 1 aliphatic rings. The van der Waals surface area contributed by atoms with Gasteiger partial charge < -0.3 is 14.9 Å². The molecule has 20 heavy (non-hydrogen) atoms. The van der Waals surface area contributed by atoms with Crippen LogP contribution >= 0.6 is 0 Å². The van der Waals surface area contributed by atoms with Crippen molar-refractivity contribution in [3.63, 3.8) is 0 Å². The van der Waals surface area contributed by atoms with Crippen LogP contribution in [0, 0.1) is 0 Å². The van der Waals surface area contributed by atoms with Crippen LogP contribution in [0.25, 0.3) is 0 Å². The summed E-state index contributed by atoms with van der Waals surface area (Å²) in [4.78, 5) is 27.2. The number of carboxylic acids is 1. The van der Waals surface area contributed by atoms with Gasteiger partial charge in [0, 0.05) is 19.5 Å². The highest BCUT2D eigenvalue weighted by Crippen LogP contribution is 2.30. The Morgan fingerprint density at radius 1 is 1.35 bits per heavy atom. The number of aliphatic carboxylic acids is 1. The van der Waals surface area contributed by atoms with E-state index in [2.05, 4.69) is 0 Å². The van der Waals surface area contributed by atoms with Crippen molar-refractivity contribution in [2.24, 2.45) is 0 Å². The van der Waals surface area contributed by atoms with Gasteiger partial charge in [-0.1, -0.05) is 24.3 Å². The van der Waals surface area contributed by atoms with Crippen molar-refractivity contribution in [3.8, 4) is 0 Å². The number of rotatable bonds is 4. The van der Waals surface area contributed by atoms with E-state index in [1.165, 1.54) is 4.90 Å². The topological polar surface area (TPSA) is 60.9 Å². The standard InChI is InChI=1S/C15H20N2O3/c1-16(2)9-8-13(18)17-10-7-11-5-3-4-6-12(11)14(17)15(19)20/h3-6,14H,7-10H2,1-2H3,(H,19,20). The lowest BCUT2D eigenvalue weighted by atomic mass is 9.92. The third-order valence-electron chi connectivity index (χ3n) is 3.61. The number of fused-ring (bicyclic) bond motifs is 1. The Bertz CT molecular complexity index is 514. The van der Waals surface area contributed by atoms with Crippen molar-refractivity contribution in [3.05, 3.63) is 35.4 Å². The van der Waals surface area contributed by atoms with Crippen LogP contribution in [0.1, 0.15) is 23.6 Å². The molecule has 1 aromatic carbocycles. The zero-order valence-corrected chi connectivity index (χ0v) is 11.9. The summed E-state index contributed by atoms with van der Waals surface area (Å²) in [5.74, 6) is -1.06. The molecule has 1 atom stereocenters. The molecular formula is C15H20N2O3. The molecule has 0 spiro atoms. The van der Waals surface area contributed by atoms with Gasteiger partial charge in [-0.05, 0) is 31.6 Å². The number of hydrogen-bond acceptors (Lipinski definition) is 3. The second kappa shape index (κ2) is 6.05. The first kappa shape index (κ1) is 14.5. The Balaban J connectivity index is 2.22. The lowest BCUT2D eigenvalue weighted by molar-refractivity contribution is -0.151. The van der Waals surface area contributed by atoms with E-state index in [9.17, 15) is 14.7 Å². The first-order valence-corrected chi connectivity index (χ1v) is 6.75. The van der Waals surface area contributed by atoms with E-state index in [1.807, 2.05) is 37.2 Å². The van der Waals surface area contributed by atoms with Crippen molar-refractivity contribution in [1.82, 2.24) is 9.80 Å². The molecule has 0 fully saturated rings. The summed E-state index contributed by atoms with van der Waals surface area (Å²) in [5, 5.41) is 9.48.